The van der Waals surface area contributed by atoms with Crippen LogP contribution in [-0.2, 0) is 4.79 Å². The van der Waals surface area contributed by atoms with Gasteiger partial charge < -0.3 is 15.1 Å². The summed E-state index contributed by atoms with van der Waals surface area (Å²) in [5, 5.41) is 3.00. The van der Waals surface area contributed by atoms with Crippen LogP contribution >= 0.6 is 0 Å². The fourth-order valence-corrected chi connectivity index (χ4v) is 3.62. The van der Waals surface area contributed by atoms with Gasteiger partial charge in [-0.1, -0.05) is 42.5 Å². The summed E-state index contributed by atoms with van der Waals surface area (Å²) in [4.78, 5) is 17.0. The zero-order valence-electron chi connectivity index (χ0n) is 16.7. The van der Waals surface area contributed by atoms with Crippen LogP contribution in [0.2, 0.25) is 0 Å². The van der Waals surface area contributed by atoms with Gasteiger partial charge >= 0.3 is 0 Å². The summed E-state index contributed by atoms with van der Waals surface area (Å²) in [5.74, 6) is -0.375. The van der Waals surface area contributed by atoms with Gasteiger partial charge in [-0.3, -0.25) is 4.79 Å². The van der Waals surface area contributed by atoms with Crippen molar-refractivity contribution in [2.75, 3.05) is 41.3 Å². The van der Waals surface area contributed by atoms with Crippen molar-refractivity contribution >= 4 is 29.0 Å². The first kappa shape index (κ1) is 19.7. The molecule has 0 unspecified atom stereocenters. The predicted octanol–water partition coefficient (Wildman–Crippen LogP) is 4.80. The molecule has 0 aromatic heterocycles. The predicted molar refractivity (Wildman–Crippen MR) is 121 cm³/mol. The lowest BCUT2D eigenvalue weighted by atomic mass is 10.2. The van der Waals surface area contributed by atoms with Gasteiger partial charge in [-0.15, -0.1) is 0 Å². The molecule has 30 heavy (non-hydrogen) atoms. The molecular formula is C25H24FN3O. The summed E-state index contributed by atoms with van der Waals surface area (Å²) < 4.78 is 13.2. The number of halogens is 1. The van der Waals surface area contributed by atoms with Gasteiger partial charge in [-0.05, 0) is 48.0 Å². The average molecular weight is 401 g/mol. The van der Waals surface area contributed by atoms with E-state index in [4.69, 9.17) is 0 Å². The fourth-order valence-electron chi connectivity index (χ4n) is 3.62. The van der Waals surface area contributed by atoms with Crippen LogP contribution in [0, 0.1) is 5.82 Å². The smallest absolute Gasteiger partial charge is 0.248 e. The van der Waals surface area contributed by atoms with E-state index >= 15 is 0 Å². The van der Waals surface area contributed by atoms with Gasteiger partial charge in [0.15, 0.2) is 0 Å². The Labute approximate surface area is 176 Å². The molecule has 0 aliphatic carbocycles. The van der Waals surface area contributed by atoms with Gasteiger partial charge in [0.1, 0.15) is 5.82 Å². The second kappa shape index (κ2) is 9.27. The molecule has 1 heterocycles. The minimum Gasteiger partial charge on any atom is -0.368 e. The zero-order valence-corrected chi connectivity index (χ0v) is 16.7. The highest BCUT2D eigenvalue weighted by Gasteiger charge is 2.19. The van der Waals surface area contributed by atoms with E-state index in [9.17, 15) is 9.18 Å². The van der Waals surface area contributed by atoms with Crippen molar-refractivity contribution in [2.24, 2.45) is 0 Å². The van der Waals surface area contributed by atoms with E-state index in [1.807, 2.05) is 66.7 Å². The molecule has 0 bridgehead atoms. The van der Waals surface area contributed by atoms with Crippen molar-refractivity contribution < 1.29 is 9.18 Å². The van der Waals surface area contributed by atoms with Crippen LogP contribution in [0.1, 0.15) is 5.56 Å². The first-order valence-electron chi connectivity index (χ1n) is 10.1. The van der Waals surface area contributed by atoms with Gasteiger partial charge in [0.25, 0.3) is 0 Å². The van der Waals surface area contributed by atoms with Crippen LogP contribution < -0.4 is 15.1 Å². The summed E-state index contributed by atoms with van der Waals surface area (Å²) in [6.45, 7) is 3.32. The van der Waals surface area contributed by atoms with Crippen molar-refractivity contribution in [1.29, 1.82) is 0 Å². The van der Waals surface area contributed by atoms with Crippen molar-refractivity contribution in [3.63, 3.8) is 0 Å². The topological polar surface area (TPSA) is 35.6 Å². The maximum Gasteiger partial charge on any atom is 0.248 e. The maximum atomic E-state index is 13.2. The Balaban J connectivity index is 1.40. The lowest BCUT2D eigenvalue weighted by Gasteiger charge is -2.38. The van der Waals surface area contributed by atoms with Crippen LogP contribution in [0.15, 0.2) is 84.9 Å². The van der Waals surface area contributed by atoms with Crippen molar-refractivity contribution in [1.82, 2.24) is 0 Å². The molecule has 1 saturated heterocycles. The van der Waals surface area contributed by atoms with E-state index in [0.29, 0.717) is 0 Å². The molecule has 1 fully saturated rings. The second-order valence-electron chi connectivity index (χ2n) is 7.20. The highest BCUT2D eigenvalue weighted by Crippen LogP contribution is 2.28. The fraction of sp³-hybridized carbons (Fsp3) is 0.160. The summed E-state index contributed by atoms with van der Waals surface area (Å²) in [7, 11) is 0. The molecule has 1 N–H and O–H groups in total. The lowest BCUT2D eigenvalue weighted by Crippen LogP contribution is -2.46. The lowest BCUT2D eigenvalue weighted by molar-refractivity contribution is -0.111. The molecule has 0 saturated carbocycles. The summed E-state index contributed by atoms with van der Waals surface area (Å²) in [6.07, 6.45) is 3.36. The van der Waals surface area contributed by atoms with Gasteiger partial charge in [0.2, 0.25) is 5.91 Å². The number of nitrogens with zero attached hydrogens (tertiary/aromatic N) is 2. The van der Waals surface area contributed by atoms with E-state index in [1.165, 1.54) is 12.1 Å². The summed E-state index contributed by atoms with van der Waals surface area (Å²) in [6, 6.07) is 24.2. The molecule has 1 amide bonds. The molecule has 4 nitrogen and oxygen atoms in total. The first-order valence-corrected chi connectivity index (χ1v) is 10.1. The largest absolute Gasteiger partial charge is 0.368 e. The molecule has 1 aliphatic rings. The minimum atomic E-state index is -0.219. The Bertz CT molecular complexity index is 1010. The van der Waals surface area contributed by atoms with Crippen molar-refractivity contribution in [3.8, 4) is 0 Å². The Morgan fingerprint density at radius 1 is 0.800 bits per heavy atom. The van der Waals surface area contributed by atoms with Crippen LogP contribution in [0.5, 0.6) is 0 Å². The molecular weight excluding hydrogens is 377 g/mol. The molecule has 5 heteroatoms. The Morgan fingerprint density at radius 2 is 1.43 bits per heavy atom. The number of hydrogen-bond donors (Lipinski definition) is 1. The Hall–Kier alpha value is -3.60. The van der Waals surface area contributed by atoms with Gasteiger partial charge in [0.05, 0.1) is 11.4 Å². The second-order valence-corrected chi connectivity index (χ2v) is 7.20. The highest BCUT2D eigenvalue weighted by molar-refractivity contribution is 6.03. The van der Waals surface area contributed by atoms with Crippen LogP contribution in [0.25, 0.3) is 6.08 Å². The standard InChI is InChI=1S/C25H24FN3O/c26-21-11-13-22(14-12-21)28-16-18-29(19-17-28)24-9-5-4-8-23(24)27-25(30)15-10-20-6-2-1-3-7-20/h1-15H,16-19H2,(H,27,30)/b15-10+. The number of para-hydroxylation sites is 2. The highest BCUT2D eigenvalue weighted by atomic mass is 19.1. The molecule has 4 rings (SSSR count). The van der Waals surface area contributed by atoms with E-state index in [1.54, 1.807) is 12.2 Å². The minimum absolute atomic E-state index is 0.156. The van der Waals surface area contributed by atoms with E-state index in [2.05, 4.69) is 15.1 Å². The Morgan fingerprint density at radius 3 is 2.17 bits per heavy atom. The number of carbonyl (C=O) groups excluding carboxylic acids is 1. The van der Waals surface area contributed by atoms with E-state index < -0.39 is 0 Å². The average Bonchev–Trinajstić information content (AvgIpc) is 2.79. The monoisotopic (exact) mass is 401 g/mol. The number of rotatable bonds is 5. The Kier molecular flexibility index (Phi) is 6.09. The number of amides is 1. The molecule has 0 radical (unpaired) electrons. The quantitative estimate of drug-likeness (QED) is 0.624. The number of carbonyl (C=O) groups is 1. The number of benzene rings is 3. The first-order chi connectivity index (χ1) is 14.7. The molecule has 152 valence electrons. The summed E-state index contributed by atoms with van der Waals surface area (Å²) in [5.41, 5.74) is 3.83. The normalized spacial score (nSPS) is 14.2. The van der Waals surface area contributed by atoms with E-state index in [-0.39, 0.29) is 11.7 Å². The van der Waals surface area contributed by atoms with Crippen LogP contribution in [0.4, 0.5) is 21.5 Å². The number of anilines is 3. The van der Waals surface area contributed by atoms with Crippen molar-refractivity contribution in [2.45, 2.75) is 0 Å². The van der Waals surface area contributed by atoms with Crippen molar-refractivity contribution in [3.05, 3.63) is 96.3 Å². The van der Waals surface area contributed by atoms with Gasteiger partial charge in [0, 0.05) is 37.9 Å². The molecule has 0 spiro atoms. The SMILES string of the molecule is O=C(/C=C/c1ccccc1)Nc1ccccc1N1CCN(c2ccc(F)cc2)CC1. The third-order valence-electron chi connectivity index (χ3n) is 5.20. The number of piperazine rings is 1. The molecule has 0 atom stereocenters. The number of nitrogens with one attached hydrogen (secondary N) is 1. The molecule has 3 aromatic rings. The van der Waals surface area contributed by atoms with Gasteiger partial charge in [-0.25, -0.2) is 4.39 Å². The van der Waals surface area contributed by atoms with Crippen LogP contribution in [-0.4, -0.2) is 32.1 Å². The summed E-state index contributed by atoms with van der Waals surface area (Å²) >= 11 is 0. The zero-order chi connectivity index (χ0) is 20.8. The third-order valence-corrected chi connectivity index (χ3v) is 5.20. The van der Waals surface area contributed by atoms with Crippen LogP contribution in [0.3, 0.4) is 0 Å². The van der Waals surface area contributed by atoms with Gasteiger partial charge in [-0.2, -0.15) is 0 Å². The third kappa shape index (κ3) is 4.87. The molecule has 1 aliphatic heterocycles. The molecule has 3 aromatic carbocycles. The maximum absolute atomic E-state index is 13.2. The number of hydrogen-bond acceptors (Lipinski definition) is 3. The van der Waals surface area contributed by atoms with E-state index in [0.717, 1.165) is 48.8 Å².